The second-order valence-electron chi connectivity index (χ2n) is 6.06. The fourth-order valence-electron chi connectivity index (χ4n) is 2.98. The highest BCUT2D eigenvalue weighted by atomic mass is 16.5. The number of hydrogen-bond donors (Lipinski definition) is 2. The molecule has 122 valence electrons. The molecule has 0 bridgehead atoms. The van der Waals surface area contributed by atoms with Crippen molar-refractivity contribution < 1.29 is 9.53 Å². The molecule has 2 rings (SSSR count). The van der Waals surface area contributed by atoms with Crippen molar-refractivity contribution in [3.8, 4) is 0 Å². The SMILES string of the molecule is Cc1cc(C)c(C(=O)NC[C@H](C)N2CCOC[C@@H]2C)c(=O)[nH]1. The number of aromatic amines is 1. The van der Waals surface area contributed by atoms with E-state index in [1.54, 1.807) is 13.8 Å². The van der Waals surface area contributed by atoms with Crippen LogP contribution in [-0.4, -0.2) is 54.2 Å². The third kappa shape index (κ3) is 3.75. The molecule has 1 fully saturated rings. The van der Waals surface area contributed by atoms with E-state index in [1.165, 1.54) is 0 Å². The van der Waals surface area contributed by atoms with Crippen LogP contribution in [0.15, 0.2) is 10.9 Å². The maximum absolute atomic E-state index is 12.3. The van der Waals surface area contributed by atoms with E-state index >= 15 is 0 Å². The summed E-state index contributed by atoms with van der Waals surface area (Å²) in [5.74, 6) is -0.313. The van der Waals surface area contributed by atoms with Gasteiger partial charge in [0, 0.05) is 30.9 Å². The van der Waals surface area contributed by atoms with Gasteiger partial charge in [0.2, 0.25) is 0 Å². The van der Waals surface area contributed by atoms with Gasteiger partial charge in [0.1, 0.15) is 5.56 Å². The molecule has 1 aliphatic rings. The van der Waals surface area contributed by atoms with E-state index in [-0.39, 0.29) is 23.1 Å². The van der Waals surface area contributed by atoms with Crippen molar-refractivity contribution in [2.24, 2.45) is 0 Å². The average Bonchev–Trinajstić information content (AvgIpc) is 2.44. The van der Waals surface area contributed by atoms with E-state index in [4.69, 9.17) is 4.74 Å². The normalized spacial score (nSPS) is 20.6. The topological polar surface area (TPSA) is 74.4 Å². The smallest absolute Gasteiger partial charge is 0.261 e. The Bertz CT molecular complexity index is 597. The van der Waals surface area contributed by atoms with Crippen LogP contribution >= 0.6 is 0 Å². The van der Waals surface area contributed by atoms with Crippen molar-refractivity contribution in [2.75, 3.05) is 26.3 Å². The number of carbonyl (C=O) groups excluding carboxylic acids is 1. The van der Waals surface area contributed by atoms with Crippen LogP contribution in [0.25, 0.3) is 0 Å². The van der Waals surface area contributed by atoms with Crippen molar-refractivity contribution in [3.05, 3.63) is 33.2 Å². The van der Waals surface area contributed by atoms with Crippen molar-refractivity contribution in [1.82, 2.24) is 15.2 Å². The Morgan fingerprint density at radius 2 is 2.27 bits per heavy atom. The monoisotopic (exact) mass is 307 g/mol. The molecule has 1 amide bonds. The number of morpholine rings is 1. The number of hydrogen-bond acceptors (Lipinski definition) is 4. The summed E-state index contributed by atoms with van der Waals surface area (Å²) in [6, 6.07) is 2.35. The van der Waals surface area contributed by atoms with E-state index in [9.17, 15) is 9.59 Å². The molecule has 2 N–H and O–H groups in total. The Labute approximate surface area is 130 Å². The largest absolute Gasteiger partial charge is 0.379 e. The third-order valence-electron chi connectivity index (χ3n) is 4.14. The summed E-state index contributed by atoms with van der Waals surface area (Å²) >= 11 is 0. The molecule has 22 heavy (non-hydrogen) atoms. The Hall–Kier alpha value is -1.66. The standard InChI is InChI=1S/C16H25N3O3/c1-10-7-11(2)18-16(21)14(10)15(20)17-8-12(3)19-5-6-22-9-13(19)4/h7,12-13H,5-6,8-9H2,1-4H3,(H,17,20)(H,18,21)/t12-,13-/m0/s1. The molecule has 1 aliphatic heterocycles. The zero-order valence-corrected chi connectivity index (χ0v) is 13.7. The Balaban J connectivity index is 1.99. The van der Waals surface area contributed by atoms with E-state index < -0.39 is 0 Å². The van der Waals surface area contributed by atoms with Gasteiger partial charge in [0.05, 0.1) is 13.2 Å². The van der Waals surface area contributed by atoms with Crippen molar-refractivity contribution in [3.63, 3.8) is 0 Å². The molecular weight excluding hydrogens is 282 g/mol. The number of ether oxygens (including phenoxy) is 1. The number of aromatic nitrogens is 1. The zero-order chi connectivity index (χ0) is 16.3. The highest BCUT2D eigenvalue weighted by Gasteiger charge is 2.24. The van der Waals surface area contributed by atoms with Gasteiger partial charge in [0.25, 0.3) is 11.5 Å². The molecule has 0 radical (unpaired) electrons. The van der Waals surface area contributed by atoms with Crippen LogP contribution in [-0.2, 0) is 4.74 Å². The van der Waals surface area contributed by atoms with Crippen LogP contribution in [0.5, 0.6) is 0 Å². The van der Waals surface area contributed by atoms with Gasteiger partial charge in [-0.3, -0.25) is 14.5 Å². The molecular formula is C16H25N3O3. The molecule has 1 saturated heterocycles. The number of H-pyrrole nitrogens is 1. The van der Waals surface area contributed by atoms with Gasteiger partial charge < -0.3 is 15.0 Å². The van der Waals surface area contributed by atoms with Gasteiger partial charge in [-0.15, -0.1) is 0 Å². The second kappa shape index (κ2) is 7.07. The fourth-order valence-corrected chi connectivity index (χ4v) is 2.98. The van der Waals surface area contributed by atoms with Crippen molar-refractivity contribution in [1.29, 1.82) is 0 Å². The van der Waals surface area contributed by atoms with Gasteiger partial charge in [-0.2, -0.15) is 0 Å². The Kier molecular flexibility index (Phi) is 5.37. The first kappa shape index (κ1) is 16.7. The predicted molar refractivity (Wildman–Crippen MR) is 85.3 cm³/mol. The third-order valence-corrected chi connectivity index (χ3v) is 4.14. The number of aryl methyl sites for hydroxylation is 2. The van der Waals surface area contributed by atoms with E-state index in [2.05, 4.69) is 29.0 Å². The summed E-state index contributed by atoms with van der Waals surface area (Å²) in [5, 5.41) is 2.88. The van der Waals surface area contributed by atoms with Crippen LogP contribution in [0.3, 0.4) is 0 Å². The minimum atomic E-state index is -0.331. The first-order chi connectivity index (χ1) is 10.4. The van der Waals surface area contributed by atoms with E-state index in [0.717, 1.165) is 25.5 Å². The molecule has 0 spiro atoms. The quantitative estimate of drug-likeness (QED) is 0.864. The summed E-state index contributed by atoms with van der Waals surface area (Å²) in [6.45, 7) is 10.6. The number of carbonyl (C=O) groups is 1. The van der Waals surface area contributed by atoms with E-state index in [1.807, 2.05) is 6.07 Å². The van der Waals surface area contributed by atoms with Crippen LogP contribution in [0, 0.1) is 13.8 Å². The zero-order valence-electron chi connectivity index (χ0n) is 13.7. The molecule has 0 aliphatic carbocycles. The number of amides is 1. The summed E-state index contributed by atoms with van der Waals surface area (Å²) in [6.07, 6.45) is 0. The first-order valence-corrected chi connectivity index (χ1v) is 7.72. The number of pyridine rings is 1. The van der Waals surface area contributed by atoms with E-state index in [0.29, 0.717) is 18.2 Å². The molecule has 6 nitrogen and oxygen atoms in total. The maximum atomic E-state index is 12.3. The van der Waals surface area contributed by atoms with Crippen LogP contribution in [0.1, 0.15) is 35.5 Å². The predicted octanol–water partition coefficient (Wildman–Crippen LogP) is 0.831. The van der Waals surface area contributed by atoms with Crippen molar-refractivity contribution in [2.45, 2.75) is 39.8 Å². The van der Waals surface area contributed by atoms with Crippen LogP contribution in [0.2, 0.25) is 0 Å². The Morgan fingerprint density at radius 3 is 2.91 bits per heavy atom. The summed E-state index contributed by atoms with van der Waals surface area (Å²) in [5.41, 5.74) is 1.33. The lowest BCUT2D eigenvalue weighted by Crippen LogP contribution is -2.52. The molecule has 0 saturated carbocycles. The van der Waals surface area contributed by atoms with Gasteiger partial charge in [-0.1, -0.05) is 0 Å². The summed E-state index contributed by atoms with van der Waals surface area (Å²) in [7, 11) is 0. The molecule has 1 aromatic heterocycles. The second-order valence-corrected chi connectivity index (χ2v) is 6.06. The van der Waals surface area contributed by atoms with Crippen LogP contribution < -0.4 is 10.9 Å². The Morgan fingerprint density at radius 1 is 1.55 bits per heavy atom. The number of nitrogens with one attached hydrogen (secondary N) is 2. The fraction of sp³-hybridized carbons (Fsp3) is 0.625. The maximum Gasteiger partial charge on any atom is 0.261 e. The van der Waals surface area contributed by atoms with Gasteiger partial charge in [-0.25, -0.2) is 0 Å². The molecule has 2 heterocycles. The highest BCUT2D eigenvalue weighted by molar-refractivity contribution is 5.95. The number of nitrogens with zero attached hydrogens (tertiary/aromatic N) is 1. The minimum Gasteiger partial charge on any atom is -0.379 e. The summed E-state index contributed by atoms with van der Waals surface area (Å²) in [4.78, 5) is 29.2. The lowest BCUT2D eigenvalue weighted by molar-refractivity contribution is -0.0178. The van der Waals surface area contributed by atoms with Crippen molar-refractivity contribution >= 4 is 5.91 Å². The lowest BCUT2D eigenvalue weighted by atomic mass is 10.1. The molecule has 0 aromatic carbocycles. The first-order valence-electron chi connectivity index (χ1n) is 7.72. The average molecular weight is 307 g/mol. The lowest BCUT2D eigenvalue weighted by Gasteiger charge is -2.37. The summed E-state index contributed by atoms with van der Waals surface area (Å²) < 4.78 is 5.43. The van der Waals surface area contributed by atoms with Crippen LogP contribution in [0.4, 0.5) is 0 Å². The number of rotatable bonds is 4. The van der Waals surface area contributed by atoms with Gasteiger partial charge in [-0.05, 0) is 39.3 Å². The highest BCUT2D eigenvalue weighted by Crippen LogP contribution is 2.10. The molecule has 1 aromatic rings. The molecule has 6 heteroatoms. The molecule has 2 atom stereocenters. The van der Waals surface area contributed by atoms with Gasteiger partial charge >= 0.3 is 0 Å². The molecule has 0 unspecified atom stereocenters. The van der Waals surface area contributed by atoms with Gasteiger partial charge in [0.15, 0.2) is 0 Å². The minimum absolute atomic E-state index is 0.202.